The van der Waals surface area contributed by atoms with Gasteiger partial charge in [0.2, 0.25) is 5.91 Å². The number of hydrogen-bond acceptors (Lipinski definition) is 1. The monoisotopic (exact) mass is 225 g/mol. The van der Waals surface area contributed by atoms with Crippen LogP contribution >= 0.6 is 0 Å². The molecule has 0 fully saturated rings. The molecule has 1 unspecified atom stereocenters. The highest BCUT2D eigenvalue weighted by molar-refractivity contribution is 5.90. The zero-order chi connectivity index (χ0) is 11.7. The fourth-order valence-electron chi connectivity index (χ4n) is 2.55. The second-order valence-corrected chi connectivity index (χ2v) is 4.59. The van der Waals surface area contributed by atoms with Crippen molar-refractivity contribution >= 4 is 11.5 Å². The van der Waals surface area contributed by atoms with Gasteiger partial charge in [-0.15, -0.1) is 0 Å². The summed E-state index contributed by atoms with van der Waals surface area (Å²) in [6.07, 6.45) is 7.93. The molecule has 0 saturated heterocycles. The molecule has 2 heterocycles. The Balaban J connectivity index is 1.87. The van der Waals surface area contributed by atoms with Crippen molar-refractivity contribution in [2.75, 3.05) is 6.54 Å². The van der Waals surface area contributed by atoms with Crippen molar-refractivity contribution in [1.29, 1.82) is 0 Å². The molecule has 1 aromatic carbocycles. The average Bonchev–Trinajstić information content (AvgIpc) is 2.40. The SMILES string of the molecule is O=C1C=CCC2CC=C(c3ccccc3)CN12. The molecular formula is C15H15NO. The summed E-state index contributed by atoms with van der Waals surface area (Å²) in [7, 11) is 0. The summed E-state index contributed by atoms with van der Waals surface area (Å²) in [5.41, 5.74) is 2.50. The number of carbonyl (C=O) groups excluding carboxylic acids is 1. The van der Waals surface area contributed by atoms with Gasteiger partial charge in [-0.2, -0.15) is 0 Å². The van der Waals surface area contributed by atoms with E-state index in [0.717, 1.165) is 19.4 Å². The summed E-state index contributed by atoms with van der Waals surface area (Å²) >= 11 is 0. The first kappa shape index (κ1) is 10.3. The Labute approximate surface area is 101 Å². The van der Waals surface area contributed by atoms with Gasteiger partial charge < -0.3 is 4.90 Å². The Morgan fingerprint density at radius 3 is 2.76 bits per heavy atom. The molecule has 0 bridgehead atoms. The fourth-order valence-corrected chi connectivity index (χ4v) is 2.55. The summed E-state index contributed by atoms with van der Waals surface area (Å²) in [5, 5.41) is 0. The lowest BCUT2D eigenvalue weighted by Gasteiger charge is -2.36. The molecule has 0 spiro atoms. The summed E-state index contributed by atoms with van der Waals surface area (Å²) in [4.78, 5) is 13.8. The Hall–Kier alpha value is -1.83. The number of hydrogen-bond donors (Lipinski definition) is 0. The van der Waals surface area contributed by atoms with Crippen molar-refractivity contribution in [1.82, 2.24) is 4.90 Å². The number of fused-ring (bicyclic) bond motifs is 1. The van der Waals surface area contributed by atoms with Crippen LogP contribution in [-0.4, -0.2) is 23.4 Å². The van der Waals surface area contributed by atoms with Crippen molar-refractivity contribution in [2.24, 2.45) is 0 Å². The molecular weight excluding hydrogens is 210 g/mol. The van der Waals surface area contributed by atoms with Gasteiger partial charge in [-0.05, 0) is 30.1 Å². The smallest absolute Gasteiger partial charge is 0.246 e. The first-order valence-corrected chi connectivity index (χ1v) is 6.06. The van der Waals surface area contributed by atoms with Gasteiger partial charge in [0.1, 0.15) is 0 Å². The minimum Gasteiger partial charge on any atom is -0.331 e. The van der Waals surface area contributed by atoms with Crippen LogP contribution in [-0.2, 0) is 4.79 Å². The van der Waals surface area contributed by atoms with E-state index in [1.807, 2.05) is 29.2 Å². The minimum absolute atomic E-state index is 0.155. The first-order valence-electron chi connectivity index (χ1n) is 6.06. The van der Waals surface area contributed by atoms with Crippen LogP contribution in [0.5, 0.6) is 0 Å². The molecule has 0 aromatic heterocycles. The molecule has 0 radical (unpaired) electrons. The minimum atomic E-state index is 0.155. The van der Waals surface area contributed by atoms with E-state index < -0.39 is 0 Å². The van der Waals surface area contributed by atoms with E-state index in [4.69, 9.17) is 0 Å². The Morgan fingerprint density at radius 2 is 1.94 bits per heavy atom. The first-order chi connectivity index (χ1) is 8.34. The average molecular weight is 225 g/mol. The molecule has 2 aliphatic heterocycles. The number of benzene rings is 1. The fraction of sp³-hybridized carbons (Fsp3) is 0.267. The number of nitrogens with zero attached hydrogens (tertiary/aromatic N) is 1. The van der Waals surface area contributed by atoms with Crippen LogP contribution in [0.2, 0.25) is 0 Å². The predicted molar refractivity (Wildman–Crippen MR) is 68.3 cm³/mol. The van der Waals surface area contributed by atoms with Crippen molar-refractivity contribution in [3.63, 3.8) is 0 Å². The van der Waals surface area contributed by atoms with Crippen molar-refractivity contribution in [3.05, 3.63) is 54.1 Å². The van der Waals surface area contributed by atoms with E-state index in [-0.39, 0.29) is 5.91 Å². The zero-order valence-corrected chi connectivity index (χ0v) is 9.67. The van der Waals surface area contributed by atoms with E-state index >= 15 is 0 Å². The van der Waals surface area contributed by atoms with Crippen LogP contribution < -0.4 is 0 Å². The Morgan fingerprint density at radius 1 is 1.12 bits per heavy atom. The van der Waals surface area contributed by atoms with E-state index in [2.05, 4.69) is 18.2 Å². The molecule has 2 nitrogen and oxygen atoms in total. The maximum atomic E-state index is 11.8. The lowest BCUT2D eigenvalue weighted by molar-refractivity contribution is -0.128. The lowest BCUT2D eigenvalue weighted by atomic mass is 9.93. The Kier molecular flexibility index (Phi) is 2.56. The van der Waals surface area contributed by atoms with Crippen LogP contribution in [0.1, 0.15) is 18.4 Å². The lowest BCUT2D eigenvalue weighted by Crippen LogP contribution is -2.44. The third-order valence-electron chi connectivity index (χ3n) is 3.51. The third kappa shape index (κ3) is 1.91. The number of carbonyl (C=O) groups is 1. The molecule has 0 aliphatic carbocycles. The molecule has 1 amide bonds. The van der Waals surface area contributed by atoms with Crippen LogP contribution in [0.4, 0.5) is 0 Å². The molecule has 1 aromatic rings. The van der Waals surface area contributed by atoms with Gasteiger partial charge in [-0.3, -0.25) is 4.79 Å². The van der Waals surface area contributed by atoms with Gasteiger partial charge in [0, 0.05) is 12.6 Å². The maximum absolute atomic E-state index is 11.8. The van der Waals surface area contributed by atoms with Crippen molar-refractivity contribution in [2.45, 2.75) is 18.9 Å². The van der Waals surface area contributed by atoms with Gasteiger partial charge in [0.15, 0.2) is 0 Å². The second-order valence-electron chi connectivity index (χ2n) is 4.59. The number of rotatable bonds is 1. The van der Waals surface area contributed by atoms with Gasteiger partial charge in [-0.25, -0.2) is 0 Å². The quantitative estimate of drug-likeness (QED) is 0.719. The molecule has 0 N–H and O–H groups in total. The van der Waals surface area contributed by atoms with E-state index in [1.165, 1.54) is 11.1 Å². The van der Waals surface area contributed by atoms with Crippen LogP contribution in [0.3, 0.4) is 0 Å². The summed E-state index contributed by atoms with van der Waals surface area (Å²) in [6.45, 7) is 0.748. The maximum Gasteiger partial charge on any atom is 0.246 e. The molecule has 2 heteroatoms. The summed E-state index contributed by atoms with van der Waals surface area (Å²) in [5.74, 6) is 0.155. The highest BCUT2D eigenvalue weighted by Gasteiger charge is 2.27. The predicted octanol–water partition coefficient (Wildman–Crippen LogP) is 2.63. The molecule has 2 aliphatic rings. The molecule has 3 rings (SSSR count). The van der Waals surface area contributed by atoms with Gasteiger partial charge in [-0.1, -0.05) is 42.5 Å². The third-order valence-corrected chi connectivity index (χ3v) is 3.51. The standard InChI is InChI=1S/C15H15NO/c17-15-8-4-7-14-10-9-13(11-16(14)15)12-5-2-1-3-6-12/h1-6,8-9,14H,7,10-11H2. The second kappa shape index (κ2) is 4.21. The van der Waals surface area contributed by atoms with E-state index in [9.17, 15) is 4.79 Å². The normalized spacial score (nSPS) is 23.3. The van der Waals surface area contributed by atoms with Crippen LogP contribution in [0, 0.1) is 0 Å². The van der Waals surface area contributed by atoms with E-state index in [0.29, 0.717) is 6.04 Å². The van der Waals surface area contributed by atoms with Crippen molar-refractivity contribution < 1.29 is 4.79 Å². The summed E-state index contributed by atoms with van der Waals surface area (Å²) < 4.78 is 0. The topological polar surface area (TPSA) is 20.3 Å². The van der Waals surface area contributed by atoms with Gasteiger partial charge in [0.05, 0.1) is 0 Å². The number of amides is 1. The highest BCUT2D eigenvalue weighted by atomic mass is 16.2. The van der Waals surface area contributed by atoms with E-state index in [1.54, 1.807) is 6.08 Å². The van der Waals surface area contributed by atoms with Crippen LogP contribution in [0.25, 0.3) is 5.57 Å². The molecule has 1 atom stereocenters. The highest BCUT2D eigenvalue weighted by Crippen LogP contribution is 2.27. The molecule has 17 heavy (non-hydrogen) atoms. The summed E-state index contributed by atoms with van der Waals surface area (Å²) in [6, 6.07) is 10.7. The molecule has 86 valence electrons. The molecule has 0 saturated carbocycles. The van der Waals surface area contributed by atoms with Crippen molar-refractivity contribution in [3.8, 4) is 0 Å². The Bertz CT molecular complexity index is 487. The van der Waals surface area contributed by atoms with Gasteiger partial charge in [0.25, 0.3) is 0 Å². The largest absolute Gasteiger partial charge is 0.331 e. The zero-order valence-electron chi connectivity index (χ0n) is 9.67. The van der Waals surface area contributed by atoms with Crippen LogP contribution in [0.15, 0.2) is 48.6 Å². The van der Waals surface area contributed by atoms with Gasteiger partial charge >= 0.3 is 0 Å².